The van der Waals surface area contributed by atoms with E-state index in [1.807, 2.05) is 0 Å². The van der Waals surface area contributed by atoms with Crippen LogP contribution in [0.2, 0.25) is 0 Å². The van der Waals surface area contributed by atoms with E-state index in [-0.39, 0.29) is 6.03 Å². The van der Waals surface area contributed by atoms with Gasteiger partial charge in [0.2, 0.25) is 0 Å². The summed E-state index contributed by atoms with van der Waals surface area (Å²) in [6.07, 6.45) is 0. The van der Waals surface area contributed by atoms with Crippen LogP contribution < -0.4 is 16.0 Å². The highest BCUT2D eigenvalue weighted by atomic mass is 16.2. The normalized spacial score (nSPS) is 10.6. The number of rotatable bonds is 2. The number of amides is 2. The van der Waals surface area contributed by atoms with Gasteiger partial charge in [-0.3, -0.25) is 4.99 Å². The van der Waals surface area contributed by atoms with E-state index < -0.39 is 0 Å². The summed E-state index contributed by atoms with van der Waals surface area (Å²) >= 11 is 0. The van der Waals surface area contributed by atoms with Crippen LogP contribution in [-0.2, 0) is 0 Å². The number of likely N-dealkylation sites (N-methyl/N-ethyl adjacent to an activating group) is 1. The molecule has 0 atom stereocenters. The maximum Gasteiger partial charge on any atom is 0.314 e. The molecule has 0 unspecified atom stereocenters. The van der Waals surface area contributed by atoms with E-state index in [2.05, 4.69) is 20.9 Å². The second-order valence-corrected chi connectivity index (χ2v) is 1.85. The molecule has 0 radical (unpaired) electrons. The molecule has 0 spiro atoms. The lowest BCUT2D eigenvalue weighted by Gasteiger charge is -2.05. The Balaban J connectivity index is 3.60. The Kier molecular flexibility index (Phi) is 4.89. The van der Waals surface area contributed by atoms with Gasteiger partial charge in [0.1, 0.15) is 5.84 Å². The molecule has 0 saturated heterocycles. The Hall–Kier alpha value is -1.26. The molecule has 2 amide bonds. The van der Waals surface area contributed by atoms with Gasteiger partial charge in [0, 0.05) is 21.1 Å². The highest BCUT2D eigenvalue weighted by molar-refractivity contribution is 5.87. The molecule has 5 heteroatoms. The average molecular weight is 158 g/mol. The van der Waals surface area contributed by atoms with Gasteiger partial charge >= 0.3 is 6.03 Å². The topological polar surface area (TPSA) is 65.5 Å². The molecular formula is C6H14N4O. The van der Waals surface area contributed by atoms with E-state index >= 15 is 0 Å². The third-order valence-electron chi connectivity index (χ3n) is 1.20. The summed E-state index contributed by atoms with van der Waals surface area (Å²) in [4.78, 5) is 14.5. The van der Waals surface area contributed by atoms with Crippen molar-refractivity contribution in [3.63, 3.8) is 0 Å². The van der Waals surface area contributed by atoms with Crippen LogP contribution in [0, 0.1) is 0 Å². The maximum atomic E-state index is 10.6. The minimum absolute atomic E-state index is 0.207. The summed E-state index contributed by atoms with van der Waals surface area (Å²) in [5, 5.41) is 7.87. The van der Waals surface area contributed by atoms with Gasteiger partial charge in [0.25, 0.3) is 0 Å². The molecule has 0 aliphatic heterocycles. The van der Waals surface area contributed by atoms with Crippen LogP contribution in [0.25, 0.3) is 0 Å². The molecule has 64 valence electrons. The highest BCUT2D eigenvalue weighted by Gasteiger charge is 1.97. The van der Waals surface area contributed by atoms with Gasteiger partial charge in [-0.2, -0.15) is 0 Å². The number of hydrogen-bond donors (Lipinski definition) is 3. The van der Waals surface area contributed by atoms with Crippen LogP contribution in [-0.4, -0.2) is 39.6 Å². The van der Waals surface area contributed by atoms with Gasteiger partial charge < -0.3 is 16.0 Å². The standard InChI is InChI=1S/C6H14N4O/c1-7-5(8-2)4-10-6(11)9-3/h4H2,1-3H3,(H,7,8)(H2,9,10,11). The monoisotopic (exact) mass is 158 g/mol. The summed E-state index contributed by atoms with van der Waals surface area (Å²) in [6.45, 7) is 0.423. The molecule has 0 bridgehead atoms. The first-order chi connectivity index (χ1) is 5.24. The number of aliphatic imine (C=N–C) groups is 1. The fourth-order valence-electron chi connectivity index (χ4n) is 0.532. The van der Waals surface area contributed by atoms with Crippen LogP contribution in [0.3, 0.4) is 0 Å². The van der Waals surface area contributed by atoms with Crippen molar-refractivity contribution in [3.8, 4) is 0 Å². The summed E-state index contributed by atoms with van der Waals surface area (Å²) in [6, 6.07) is -0.207. The van der Waals surface area contributed by atoms with Crippen LogP contribution >= 0.6 is 0 Å². The van der Waals surface area contributed by atoms with Crippen LogP contribution in [0.1, 0.15) is 0 Å². The molecule has 0 fully saturated rings. The van der Waals surface area contributed by atoms with Crippen LogP contribution in [0.5, 0.6) is 0 Å². The van der Waals surface area contributed by atoms with Crippen molar-refractivity contribution in [3.05, 3.63) is 0 Å². The molecule has 3 N–H and O–H groups in total. The number of hydrogen-bond acceptors (Lipinski definition) is 2. The molecular weight excluding hydrogens is 144 g/mol. The minimum Gasteiger partial charge on any atom is -0.375 e. The van der Waals surface area contributed by atoms with Gasteiger partial charge in [-0.25, -0.2) is 4.79 Å². The minimum atomic E-state index is -0.207. The number of nitrogens with zero attached hydrogens (tertiary/aromatic N) is 1. The molecule has 0 aromatic carbocycles. The molecule has 0 rings (SSSR count). The summed E-state index contributed by atoms with van der Waals surface area (Å²) in [5.74, 6) is 0.744. The van der Waals surface area contributed by atoms with Crippen molar-refractivity contribution in [1.82, 2.24) is 16.0 Å². The number of nitrogens with one attached hydrogen (secondary N) is 3. The largest absolute Gasteiger partial charge is 0.375 e. The first-order valence-corrected chi connectivity index (χ1v) is 3.33. The van der Waals surface area contributed by atoms with Crippen molar-refractivity contribution in [2.45, 2.75) is 0 Å². The van der Waals surface area contributed by atoms with E-state index in [0.717, 1.165) is 5.84 Å². The van der Waals surface area contributed by atoms with E-state index in [1.54, 1.807) is 21.1 Å². The lowest BCUT2D eigenvalue weighted by atomic mass is 10.5. The SMILES string of the molecule is CN=C(CNC(=O)NC)NC. The van der Waals surface area contributed by atoms with Gasteiger partial charge in [-0.1, -0.05) is 0 Å². The van der Waals surface area contributed by atoms with Crippen molar-refractivity contribution >= 4 is 11.9 Å². The zero-order valence-corrected chi connectivity index (χ0v) is 7.06. The Morgan fingerprint density at radius 2 is 2.00 bits per heavy atom. The third-order valence-corrected chi connectivity index (χ3v) is 1.20. The van der Waals surface area contributed by atoms with Gasteiger partial charge in [0.05, 0.1) is 6.54 Å². The Morgan fingerprint density at radius 1 is 1.36 bits per heavy atom. The predicted octanol–water partition coefficient (Wildman–Crippen LogP) is -0.837. The molecule has 0 aliphatic carbocycles. The fourth-order valence-corrected chi connectivity index (χ4v) is 0.532. The van der Waals surface area contributed by atoms with Gasteiger partial charge in [-0.05, 0) is 0 Å². The summed E-state index contributed by atoms with van der Waals surface area (Å²) in [5.41, 5.74) is 0. The number of carbonyl (C=O) groups is 1. The first kappa shape index (κ1) is 9.74. The summed E-state index contributed by atoms with van der Waals surface area (Å²) in [7, 11) is 4.99. The lowest BCUT2D eigenvalue weighted by Crippen LogP contribution is -2.39. The van der Waals surface area contributed by atoms with Crippen molar-refractivity contribution in [1.29, 1.82) is 0 Å². The Labute approximate surface area is 66.3 Å². The summed E-state index contributed by atoms with van der Waals surface area (Å²) < 4.78 is 0. The van der Waals surface area contributed by atoms with E-state index in [4.69, 9.17) is 0 Å². The Morgan fingerprint density at radius 3 is 2.36 bits per heavy atom. The predicted molar refractivity (Wildman–Crippen MR) is 44.9 cm³/mol. The molecule has 5 nitrogen and oxygen atoms in total. The zero-order chi connectivity index (χ0) is 8.69. The average Bonchev–Trinajstić information content (AvgIpc) is 2.06. The smallest absolute Gasteiger partial charge is 0.314 e. The van der Waals surface area contributed by atoms with Gasteiger partial charge in [0.15, 0.2) is 0 Å². The van der Waals surface area contributed by atoms with E-state index in [0.29, 0.717) is 6.54 Å². The number of urea groups is 1. The highest BCUT2D eigenvalue weighted by Crippen LogP contribution is 1.67. The fraction of sp³-hybridized carbons (Fsp3) is 0.667. The molecule has 11 heavy (non-hydrogen) atoms. The Bertz CT molecular complexity index is 155. The number of amidine groups is 1. The van der Waals surface area contributed by atoms with Crippen molar-refractivity contribution in [2.75, 3.05) is 27.7 Å². The zero-order valence-electron chi connectivity index (χ0n) is 7.06. The number of carbonyl (C=O) groups excluding carboxylic acids is 1. The van der Waals surface area contributed by atoms with Crippen molar-refractivity contribution < 1.29 is 4.79 Å². The first-order valence-electron chi connectivity index (χ1n) is 3.33. The molecule has 0 aromatic rings. The van der Waals surface area contributed by atoms with E-state index in [1.165, 1.54) is 0 Å². The lowest BCUT2D eigenvalue weighted by molar-refractivity contribution is 0.244. The molecule has 0 aromatic heterocycles. The van der Waals surface area contributed by atoms with E-state index in [9.17, 15) is 4.79 Å². The molecule has 0 heterocycles. The molecule has 0 aliphatic rings. The van der Waals surface area contributed by atoms with Crippen molar-refractivity contribution in [2.24, 2.45) is 4.99 Å². The second kappa shape index (κ2) is 5.52. The molecule has 0 saturated carbocycles. The van der Waals surface area contributed by atoms with Gasteiger partial charge in [-0.15, -0.1) is 0 Å². The third kappa shape index (κ3) is 4.19. The van der Waals surface area contributed by atoms with Crippen LogP contribution in [0.4, 0.5) is 4.79 Å². The second-order valence-electron chi connectivity index (χ2n) is 1.85. The maximum absolute atomic E-state index is 10.6. The van der Waals surface area contributed by atoms with Crippen LogP contribution in [0.15, 0.2) is 4.99 Å². The quantitative estimate of drug-likeness (QED) is 0.362.